The number of nitrogen functional groups attached to an aromatic ring is 1. The summed E-state index contributed by atoms with van der Waals surface area (Å²) in [5.74, 6) is 0.391. The van der Waals surface area contributed by atoms with Gasteiger partial charge in [0, 0.05) is 5.56 Å². The van der Waals surface area contributed by atoms with Crippen LogP contribution in [0.5, 0.6) is 5.75 Å². The first-order valence-electron chi connectivity index (χ1n) is 7.52. The highest BCUT2D eigenvalue weighted by molar-refractivity contribution is 14.1. The Morgan fingerprint density at radius 1 is 1.15 bits per heavy atom. The number of rotatable bonds is 1. The molecule has 5 nitrogen and oxygen atoms in total. The van der Waals surface area contributed by atoms with Crippen LogP contribution in [0.4, 0.5) is 5.82 Å². The zero-order valence-electron chi connectivity index (χ0n) is 13.9. The third-order valence-electron chi connectivity index (χ3n) is 4.33. The van der Waals surface area contributed by atoms with Gasteiger partial charge in [0.15, 0.2) is 0 Å². The molecule has 0 fully saturated rings. The van der Waals surface area contributed by atoms with Gasteiger partial charge in [-0.15, -0.1) is 0 Å². The molecule has 0 amide bonds. The number of phenols is 1. The number of nitrogens with two attached hydrogens (primary N) is 1. The summed E-state index contributed by atoms with van der Waals surface area (Å²) >= 11 is 4.16. The monoisotopic (exact) mass is 566 g/mol. The lowest BCUT2D eigenvalue weighted by Crippen LogP contribution is -2.03. The van der Waals surface area contributed by atoms with E-state index in [1.165, 1.54) is 0 Å². The summed E-state index contributed by atoms with van der Waals surface area (Å²) in [6.07, 6.45) is 1.95. The van der Waals surface area contributed by atoms with Crippen molar-refractivity contribution in [3.8, 4) is 17.9 Å². The molecule has 3 N–H and O–H groups in total. The average Bonchev–Trinajstić information content (AvgIpc) is 2.84. The van der Waals surface area contributed by atoms with Crippen LogP contribution in [0.15, 0.2) is 17.7 Å². The number of nitriles is 2. The number of halogens is 2. The maximum absolute atomic E-state index is 9.98. The Hall–Kier alpha value is -2.11. The molecule has 1 aromatic carbocycles. The maximum Gasteiger partial charge on any atom is 0.142 e. The molecule has 1 aromatic heterocycles. The summed E-state index contributed by atoms with van der Waals surface area (Å²) < 4.78 is 1.48. The first-order chi connectivity index (χ1) is 12.3. The third-order valence-corrected chi connectivity index (χ3v) is 5.98. The Morgan fingerprint density at radius 2 is 1.77 bits per heavy atom. The molecule has 0 spiro atoms. The number of phenolic OH excluding ortho intramolecular Hbond substituents is 1. The maximum atomic E-state index is 9.98. The number of anilines is 1. The fourth-order valence-electron chi connectivity index (χ4n) is 3.03. The van der Waals surface area contributed by atoms with Gasteiger partial charge in [0.1, 0.15) is 23.7 Å². The van der Waals surface area contributed by atoms with Crippen molar-refractivity contribution in [2.75, 3.05) is 5.73 Å². The standard InChI is InChI=1S/C19H12I2N4O/c1-8-11(3-10-4-14(20)18(26)15(21)5-10)16-9(2)13(7-23)19(24)25-17(16)12(8)6-22/h3-5,26H,1-2H3,(H2,24,25)/b11-3-. The molecular formula is C19H12I2N4O. The van der Waals surface area contributed by atoms with Gasteiger partial charge in [0.2, 0.25) is 0 Å². The largest absolute Gasteiger partial charge is 0.506 e. The molecule has 3 rings (SSSR count). The van der Waals surface area contributed by atoms with Crippen molar-refractivity contribution in [1.82, 2.24) is 4.98 Å². The van der Waals surface area contributed by atoms with E-state index in [2.05, 4.69) is 62.3 Å². The van der Waals surface area contributed by atoms with Gasteiger partial charge >= 0.3 is 0 Å². The van der Waals surface area contributed by atoms with E-state index in [0.717, 1.165) is 29.4 Å². The zero-order valence-corrected chi connectivity index (χ0v) is 18.2. The highest BCUT2D eigenvalue weighted by Crippen LogP contribution is 2.44. The Morgan fingerprint density at radius 3 is 2.31 bits per heavy atom. The Balaban J connectivity index is 2.34. The van der Waals surface area contributed by atoms with Gasteiger partial charge in [0.25, 0.3) is 0 Å². The predicted octanol–water partition coefficient (Wildman–Crippen LogP) is 4.61. The van der Waals surface area contributed by atoms with Gasteiger partial charge in [-0.3, -0.25) is 0 Å². The summed E-state index contributed by atoms with van der Waals surface area (Å²) in [6.45, 7) is 3.69. The highest BCUT2D eigenvalue weighted by Gasteiger charge is 2.29. The minimum absolute atomic E-state index is 0.138. The van der Waals surface area contributed by atoms with Crippen molar-refractivity contribution < 1.29 is 5.11 Å². The molecule has 128 valence electrons. The summed E-state index contributed by atoms with van der Waals surface area (Å²) in [4.78, 5) is 4.32. The first-order valence-corrected chi connectivity index (χ1v) is 9.67. The summed E-state index contributed by atoms with van der Waals surface area (Å²) in [7, 11) is 0. The van der Waals surface area contributed by atoms with Gasteiger partial charge in [0.05, 0.1) is 24.0 Å². The molecule has 0 bridgehead atoms. The quantitative estimate of drug-likeness (QED) is 0.491. The highest BCUT2D eigenvalue weighted by atomic mass is 127. The molecule has 2 aromatic rings. The first kappa shape index (κ1) is 18.7. The van der Waals surface area contributed by atoms with Crippen LogP contribution >= 0.6 is 45.2 Å². The number of hydrogen-bond donors (Lipinski definition) is 2. The van der Waals surface area contributed by atoms with Crippen molar-refractivity contribution >= 4 is 68.2 Å². The van der Waals surface area contributed by atoms with Crippen LogP contribution in [-0.4, -0.2) is 10.1 Å². The van der Waals surface area contributed by atoms with Crippen molar-refractivity contribution in [2.24, 2.45) is 0 Å². The minimum Gasteiger partial charge on any atom is -0.506 e. The second kappa shape index (κ2) is 6.89. The molecule has 0 saturated carbocycles. The molecule has 0 saturated heterocycles. The van der Waals surface area contributed by atoms with Gasteiger partial charge in [-0.2, -0.15) is 10.5 Å². The van der Waals surface area contributed by atoms with Gasteiger partial charge < -0.3 is 10.8 Å². The number of pyridine rings is 1. The second-order valence-corrected chi connectivity index (χ2v) is 8.16. The lowest BCUT2D eigenvalue weighted by atomic mass is 9.95. The molecule has 26 heavy (non-hydrogen) atoms. The van der Waals surface area contributed by atoms with Crippen molar-refractivity contribution in [1.29, 1.82) is 10.5 Å². The second-order valence-electron chi connectivity index (χ2n) is 5.84. The molecule has 1 aliphatic rings. The van der Waals surface area contributed by atoms with Gasteiger partial charge in [-0.05, 0) is 99.5 Å². The van der Waals surface area contributed by atoms with E-state index in [9.17, 15) is 15.6 Å². The number of allylic oxidation sites excluding steroid dienone is 3. The molecule has 0 aliphatic heterocycles. The summed E-state index contributed by atoms with van der Waals surface area (Å²) in [5, 5.41) is 29.0. The Labute approximate surface area is 178 Å². The molecule has 7 heteroatoms. The molecule has 0 radical (unpaired) electrons. The Kier molecular flexibility index (Phi) is 4.95. The number of nitrogens with zero attached hydrogens (tertiary/aromatic N) is 3. The van der Waals surface area contributed by atoms with E-state index in [4.69, 9.17) is 5.73 Å². The van der Waals surface area contributed by atoms with E-state index < -0.39 is 0 Å². The topological polar surface area (TPSA) is 107 Å². The number of fused-ring (bicyclic) bond motifs is 1. The zero-order chi connectivity index (χ0) is 19.2. The normalized spacial score (nSPS) is 14.3. The van der Waals surface area contributed by atoms with E-state index >= 15 is 0 Å². The van der Waals surface area contributed by atoms with Crippen molar-refractivity contribution in [3.05, 3.63) is 52.8 Å². The van der Waals surface area contributed by atoms with E-state index in [1.807, 2.05) is 32.1 Å². The fourth-order valence-corrected chi connectivity index (χ4v) is 4.85. The lowest BCUT2D eigenvalue weighted by Gasteiger charge is -2.11. The molecule has 0 unspecified atom stereocenters. The summed E-state index contributed by atoms with van der Waals surface area (Å²) in [5.41, 5.74) is 11.2. The van der Waals surface area contributed by atoms with Crippen LogP contribution in [0.3, 0.4) is 0 Å². The smallest absolute Gasteiger partial charge is 0.142 e. The van der Waals surface area contributed by atoms with Crippen LogP contribution in [0.1, 0.15) is 34.9 Å². The minimum atomic E-state index is 0.138. The SMILES string of the molecule is CC1=C(C#N)c2nc(N)c(C#N)c(C)c2/C1=C\c1cc(I)c(O)c(I)c1. The van der Waals surface area contributed by atoms with Crippen LogP contribution in [0.25, 0.3) is 17.2 Å². The van der Waals surface area contributed by atoms with Gasteiger partial charge in [-0.1, -0.05) is 0 Å². The van der Waals surface area contributed by atoms with Crippen molar-refractivity contribution in [3.63, 3.8) is 0 Å². The molecule has 1 heterocycles. The Bertz CT molecular complexity index is 1090. The van der Waals surface area contributed by atoms with E-state index in [0.29, 0.717) is 22.4 Å². The summed E-state index contributed by atoms with van der Waals surface area (Å²) in [6, 6.07) is 8.04. The number of aromatic nitrogens is 1. The third kappa shape index (κ3) is 2.85. The molecular weight excluding hydrogens is 554 g/mol. The van der Waals surface area contributed by atoms with Crippen LogP contribution in [-0.2, 0) is 0 Å². The van der Waals surface area contributed by atoms with E-state index in [-0.39, 0.29) is 11.6 Å². The number of aromatic hydroxyl groups is 1. The van der Waals surface area contributed by atoms with Crippen LogP contribution in [0, 0.1) is 36.7 Å². The number of hydrogen-bond acceptors (Lipinski definition) is 5. The van der Waals surface area contributed by atoms with Crippen LogP contribution < -0.4 is 5.73 Å². The number of benzene rings is 1. The molecule has 1 aliphatic carbocycles. The predicted molar refractivity (Wildman–Crippen MR) is 118 cm³/mol. The van der Waals surface area contributed by atoms with E-state index in [1.54, 1.807) is 0 Å². The fraction of sp³-hybridized carbons (Fsp3) is 0.105. The average molecular weight is 566 g/mol. The molecule has 0 atom stereocenters. The van der Waals surface area contributed by atoms with Gasteiger partial charge in [-0.25, -0.2) is 4.98 Å². The lowest BCUT2D eigenvalue weighted by molar-refractivity contribution is 0.467. The van der Waals surface area contributed by atoms with Crippen LogP contribution in [0.2, 0.25) is 0 Å². The van der Waals surface area contributed by atoms with Crippen molar-refractivity contribution in [2.45, 2.75) is 13.8 Å².